The van der Waals surface area contributed by atoms with Gasteiger partial charge in [0.2, 0.25) is 11.8 Å². The highest BCUT2D eigenvalue weighted by Crippen LogP contribution is 2.23. The van der Waals surface area contributed by atoms with E-state index in [9.17, 15) is 14.4 Å². The Bertz CT molecular complexity index is 610. The largest absolute Gasteiger partial charge is 0.387 e. The highest BCUT2D eigenvalue weighted by atomic mass is 16.2. The lowest BCUT2D eigenvalue weighted by molar-refractivity contribution is -0.136. The van der Waals surface area contributed by atoms with Crippen molar-refractivity contribution in [3.8, 4) is 0 Å². The number of hydrogen-bond acceptors (Lipinski definition) is 4. The summed E-state index contributed by atoms with van der Waals surface area (Å²) in [5.41, 5.74) is 2.68. The molecule has 0 spiro atoms. The molecule has 2 N–H and O–H groups in total. The van der Waals surface area contributed by atoms with Crippen molar-refractivity contribution >= 4 is 23.3 Å². The Hall–Kier alpha value is -2.17. The van der Waals surface area contributed by atoms with E-state index in [1.165, 1.54) is 0 Å². The van der Waals surface area contributed by atoms with E-state index in [1.807, 2.05) is 32.2 Å². The van der Waals surface area contributed by atoms with Gasteiger partial charge in [-0.15, -0.1) is 0 Å². The summed E-state index contributed by atoms with van der Waals surface area (Å²) in [6, 6.07) is 5.72. The first-order valence-corrected chi connectivity index (χ1v) is 8.17. The van der Waals surface area contributed by atoms with E-state index < -0.39 is 0 Å². The number of para-hydroxylation sites is 1. The lowest BCUT2D eigenvalue weighted by atomic mass is 9.91. The molecule has 0 aliphatic carbocycles. The Morgan fingerprint density at radius 3 is 2.78 bits per heavy atom. The number of carbonyl (C=O) groups excluding carboxylic acids is 3. The van der Waals surface area contributed by atoms with Crippen molar-refractivity contribution in [1.29, 1.82) is 0 Å². The molecule has 1 atom stereocenters. The number of piperidine rings is 1. The van der Waals surface area contributed by atoms with Crippen LogP contribution in [-0.2, 0) is 9.59 Å². The number of amides is 2. The van der Waals surface area contributed by atoms with Crippen LogP contribution in [0, 0.1) is 12.8 Å². The van der Waals surface area contributed by atoms with Crippen LogP contribution < -0.4 is 10.6 Å². The highest BCUT2D eigenvalue weighted by Gasteiger charge is 2.25. The molecule has 5 nitrogen and oxygen atoms in total. The first-order valence-electron chi connectivity index (χ1n) is 8.17. The van der Waals surface area contributed by atoms with Crippen molar-refractivity contribution in [2.24, 2.45) is 5.92 Å². The number of ketones is 1. The van der Waals surface area contributed by atoms with Crippen LogP contribution >= 0.6 is 0 Å². The average Bonchev–Trinajstić information content (AvgIpc) is 2.52. The Labute approximate surface area is 136 Å². The molecule has 1 aromatic rings. The second kappa shape index (κ2) is 7.90. The molecule has 124 valence electrons. The second-order valence-electron chi connectivity index (χ2n) is 6.06. The standard InChI is InChI=1S/C18H24N2O3/c1-12-6-5-8-14(17(12)19-2)15(21)9-4-3-7-13-10-11-16(22)20-18(13)23/h5-6,8,13,19H,3-4,7,9-11H2,1-2H3,(H,20,22,23). The number of anilines is 1. The smallest absolute Gasteiger partial charge is 0.229 e. The topological polar surface area (TPSA) is 75.3 Å². The molecule has 1 aliphatic heterocycles. The summed E-state index contributed by atoms with van der Waals surface area (Å²) in [5, 5.41) is 5.46. The summed E-state index contributed by atoms with van der Waals surface area (Å²) in [7, 11) is 1.82. The molecule has 1 saturated heterocycles. The Kier molecular flexibility index (Phi) is 5.90. The van der Waals surface area contributed by atoms with Gasteiger partial charge in [0.15, 0.2) is 5.78 Å². The Morgan fingerprint density at radius 2 is 2.09 bits per heavy atom. The van der Waals surface area contributed by atoms with Gasteiger partial charge in [-0.3, -0.25) is 19.7 Å². The quantitative estimate of drug-likeness (QED) is 0.461. The number of imide groups is 1. The van der Waals surface area contributed by atoms with Crippen molar-refractivity contribution < 1.29 is 14.4 Å². The summed E-state index contributed by atoms with van der Waals surface area (Å²) >= 11 is 0. The van der Waals surface area contributed by atoms with E-state index in [2.05, 4.69) is 10.6 Å². The van der Waals surface area contributed by atoms with E-state index in [0.717, 1.165) is 36.1 Å². The van der Waals surface area contributed by atoms with Crippen LogP contribution in [0.25, 0.3) is 0 Å². The van der Waals surface area contributed by atoms with Crippen molar-refractivity contribution in [2.45, 2.75) is 45.4 Å². The third-order valence-corrected chi connectivity index (χ3v) is 4.38. The molecule has 1 heterocycles. The molecule has 0 radical (unpaired) electrons. The first-order chi connectivity index (χ1) is 11.0. The fourth-order valence-electron chi connectivity index (χ4n) is 3.06. The molecule has 2 amide bonds. The van der Waals surface area contributed by atoms with Crippen molar-refractivity contribution in [3.63, 3.8) is 0 Å². The lowest BCUT2D eigenvalue weighted by Gasteiger charge is -2.20. The summed E-state index contributed by atoms with van der Waals surface area (Å²) in [4.78, 5) is 35.1. The molecule has 2 rings (SSSR count). The Balaban J connectivity index is 1.80. The summed E-state index contributed by atoms with van der Waals surface area (Å²) in [6.07, 6.45) is 3.83. The van der Waals surface area contributed by atoms with Crippen molar-refractivity contribution in [1.82, 2.24) is 5.32 Å². The normalized spacial score (nSPS) is 17.7. The number of nitrogens with one attached hydrogen (secondary N) is 2. The minimum Gasteiger partial charge on any atom is -0.387 e. The second-order valence-corrected chi connectivity index (χ2v) is 6.06. The van der Waals surface area contributed by atoms with Crippen LogP contribution in [0.2, 0.25) is 0 Å². The van der Waals surface area contributed by atoms with Gasteiger partial charge in [-0.25, -0.2) is 0 Å². The van der Waals surface area contributed by atoms with E-state index in [-0.39, 0.29) is 23.5 Å². The summed E-state index contributed by atoms with van der Waals surface area (Å²) in [6.45, 7) is 1.98. The predicted octanol–water partition coefficient (Wildman–Crippen LogP) is 2.83. The van der Waals surface area contributed by atoms with E-state index in [1.54, 1.807) is 0 Å². The number of benzene rings is 1. The maximum absolute atomic E-state index is 12.4. The monoisotopic (exact) mass is 316 g/mol. The molecule has 1 aliphatic rings. The molecule has 0 saturated carbocycles. The minimum absolute atomic E-state index is 0.0883. The molecular formula is C18H24N2O3. The number of Topliss-reactive ketones (excluding diaryl/α,β-unsaturated/α-hetero) is 1. The molecule has 1 aromatic carbocycles. The molecule has 1 unspecified atom stereocenters. The van der Waals surface area contributed by atoms with Gasteiger partial charge in [0.05, 0.1) is 0 Å². The Morgan fingerprint density at radius 1 is 1.30 bits per heavy atom. The zero-order valence-corrected chi connectivity index (χ0v) is 13.8. The van der Waals surface area contributed by atoms with Crippen molar-refractivity contribution in [3.05, 3.63) is 29.3 Å². The number of rotatable bonds is 7. The third-order valence-electron chi connectivity index (χ3n) is 4.38. The van der Waals surface area contributed by atoms with Gasteiger partial charge in [-0.1, -0.05) is 18.6 Å². The number of carbonyl (C=O) groups is 3. The maximum atomic E-state index is 12.4. The maximum Gasteiger partial charge on any atom is 0.229 e. The van der Waals surface area contributed by atoms with Crippen LogP contribution in [0.15, 0.2) is 18.2 Å². The molecule has 1 fully saturated rings. The van der Waals surface area contributed by atoms with Crippen LogP contribution in [-0.4, -0.2) is 24.6 Å². The predicted molar refractivity (Wildman–Crippen MR) is 89.4 cm³/mol. The van der Waals surface area contributed by atoms with Gasteiger partial charge in [-0.2, -0.15) is 0 Å². The molecular weight excluding hydrogens is 292 g/mol. The summed E-state index contributed by atoms with van der Waals surface area (Å²) in [5.74, 6) is -0.305. The van der Waals surface area contributed by atoms with Crippen molar-refractivity contribution in [2.75, 3.05) is 12.4 Å². The van der Waals surface area contributed by atoms with Gasteiger partial charge in [0, 0.05) is 37.1 Å². The zero-order valence-electron chi connectivity index (χ0n) is 13.8. The zero-order chi connectivity index (χ0) is 16.8. The van der Waals surface area contributed by atoms with Gasteiger partial charge in [0.25, 0.3) is 0 Å². The van der Waals surface area contributed by atoms with Gasteiger partial charge in [0.1, 0.15) is 0 Å². The first kappa shape index (κ1) is 17.2. The average molecular weight is 316 g/mol. The van der Waals surface area contributed by atoms with Gasteiger partial charge >= 0.3 is 0 Å². The number of hydrogen-bond donors (Lipinski definition) is 2. The molecule has 23 heavy (non-hydrogen) atoms. The van der Waals surface area contributed by atoms with Crippen LogP contribution in [0.5, 0.6) is 0 Å². The third kappa shape index (κ3) is 4.41. The fraction of sp³-hybridized carbons (Fsp3) is 0.500. The lowest BCUT2D eigenvalue weighted by Crippen LogP contribution is -2.40. The van der Waals surface area contributed by atoms with E-state index in [0.29, 0.717) is 19.3 Å². The molecule has 5 heteroatoms. The number of unbranched alkanes of at least 4 members (excludes halogenated alkanes) is 1. The highest BCUT2D eigenvalue weighted by molar-refractivity contribution is 6.01. The van der Waals surface area contributed by atoms with Crippen LogP contribution in [0.4, 0.5) is 5.69 Å². The summed E-state index contributed by atoms with van der Waals surface area (Å²) < 4.78 is 0. The molecule has 0 bridgehead atoms. The molecule has 0 aromatic heterocycles. The van der Waals surface area contributed by atoms with Crippen LogP contribution in [0.1, 0.15) is 54.4 Å². The van der Waals surface area contributed by atoms with Gasteiger partial charge < -0.3 is 5.32 Å². The SMILES string of the molecule is CNc1c(C)cccc1C(=O)CCCCC1CCC(=O)NC1=O. The fourth-order valence-corrected chi connectivity index (χ4v) is 3.06. The van der Waals surface area contributed by atoms with Crippen LogP contribution in [0.3, 0.4) is 0 Å². The number of aryl methyl sites for hydroxylation is 1. The van der Waals surface area contributed by atoms with Gasteiger partial charge in [-0.05, 0) is 37.8 Å². The minimum atomic E-state index is -0.180. The van der Waals surface area contributed by atoms with E-state index in [4.69, 9.17) is 0 Å². The van der Waals surface area contributed by atoms with E-state index >= 15 is 0 Å².